The maximum Gasteiger partial charge on any atom is 0.239 e. The first-order valence-electron chi connectivity index (χ1n) is 15.2. The van der Waals surface area contributed by atoms with Crippen molar-refractivity contribution in [1.29, 1.82) is 0 Å². The van der Waals surface area contributed by atoms with Gasteiger partial charge >= 0.3 is 0 Å². The van der Waals surface area contributed by atoms with Crippen molar-refractivity contribution in [3.63, 3.8) is 0 Å². The molecule has 1 unspecified atom stereocenters. The van der Waals surface area contributed by atoms with Crippen LogP contribution in [-0.4, -0.2) is 116 Å². The summed E-state index contributed by atoms with van der Waals surface area (Å²) in [6.45, 7) is 4.44. The maximum atomic E-state index is 14.1. The number of hydrogen-bond donors (Lipinski definition) is 8. The summed E-state index contributed by atoms with van der Waals surface area (Å²) in [7, 11) is 1.48. The summed E-state index contributed by atoms with van der Waals surface area (Å²) in [5.41, 5.74) is 0.519. The van der Waals surface area contributed by atoms with Crippen LogP contribution in [0.3, 0.4) is 0 Å². The molecule has 0 saturated carbocycles. The van der Waals surface area contributed by atoms with Crippen LogP contribution in [0.5, 0.6) is 23.0 Å². The first-order valence-corrected chi connectivity index (χ1v) is 15.2. The Bertz CT molecular complexity index is 1680. The Morgan fingerprint density at radius 2 is 1.56 bits per heavy atom. The third-order valence-corrected chi connectivity index (χ3v) is 8.40. The number of fused-ring (bicyclic) bond motifs is 1. The number of hydrogen-bond acceptors (Lipinski definition) is 15. The molecule has 3 heterocycles. The zero-order chi connectivity index (χ0) is 35.0. The summed E-state index contributed by atoms with van der Waals surface area (Å²) in [5, 5.41) is 83.5. The van der Waals surface area contributed by atoms with Crippen LogP contribution >= 0.6 is 0 Å². The number of aliphatic hydroxyl groups excluding tert-OH is 6. The van der Waals surface area contributed by atoms with Gasteiger partial charge in [-0.25, -0.2) is 0 Å². The van der Waals surface area contributed by atoms with Gasteiger partial charge in [-0.15, -0.1) is 0 Å². The van der Waals surface area contributed by atoms with Crippen molar-refractivity contribution >= 4 is 11.0 Å². The third-order valence-electron chi connectivity index (χ3n) is 8.40. The Kier molecular flexibility index (Phi) is 10.6. The van der Waals surface area contributed by atoms with Gasteiger partial charge in [0, 0.05) is 17.2 Å². The van der Waals surface area contributed by atoms with E-state index in [0.717, 1.165) is 11.6 Å². The van der Waals surface area contributed by atoms with E-state index < -0.39 is 84.9 Å². The molecule has 3 aromatic rings. The minimum absolute atomic E-state index is 0.0975. The number of allylic oxidation sites excluding steroid dienone is 2. The van der Waals surface area contributed by atoms with Crippen LogP contribution in [-0.2, 0) is 20.6 Å². The highest BCUT2D eigenvalue weighted by Crippen LogP contribution is 2.40. The number of aliphatic hydroxyl groups is 6. The lowest BCUT2D eigenvalue weighted by molar-refractivity contribution is -0.348. The Morgan fingerprint density at radius 3 is 2.19 bits per heavy atom. The van der Waals surface area contributed by atoms with Crippen molar-refractivity contribution in [3.8, 4) is 34.3 Å². The van der Waals surface area contributed by atoms with Gasteiger partial charge in [0.2, 0.25) is 17.5 Å². The van der Waals surface area contributed by atoms with Crippen LogP contribution in [0.4, 0.5) is 0 Å². The first kappa shape index (κ1) is 35.5. The van der Waals surface area contributed by atoms with E-state index in [1.165, 1.54) is 14.0 Å². The molecule has 5 rings (SSSR count). The summed E-state index contributed by atoms with van der Waals surface area (Å²) in [6, 6.07) is 7.38. The average molecular weight is 677 g/mol. The zero-order valence-electron chi connectivity index (χ0n) is 26.6. The summed E-state index contributed by atoms with van der Waals surface area (Å²) in [5.74, 6) is -1.02. The molecule has 15 nitrogen and oxygen atoms in total. The van der Waals surface area contributed by atoms with Gasteiger partial charge in [-0.2, -0.15) is 0 Å². The molecular formula is C33H40O15. The molecular weight excluding hydrogens is 636 g/mol. The second-order valence-corrected chi connectivity index (χ2v) is 12.0. The number of rotatable bonds is 9. The van der Waals surface area contributed by atoms with Gasteiger partial charge in [0.05, 0.1) is 19.8 Å². The highest BCUT2D eigenvalue weighted by atomic mass is 16.7. The molecule has 2 aromatic carbocycles. The normalized spacial score (nSPS) is 30.6. The fourth-order valence-electron chi connectivity index (χ4n) is 5.65. The molecule has 262 valence electrons. The van der Waals surface area contributed by atoms with Crippen molar-refractivity contribution < 1.29 is 69.0 Å². The predicted octanol–water partition coefficient (Wildman–Crippen LogP) is 0.419. The van der Waals surface area contributed by atoms with E-state index in [9.17, 15) is 45.6 Å². The van der Waals surface area contributed by atoms with Crippen LogP contribution in [0.25, 0.3) is 22.3 Å². The van der Waals surface area contributed by atoms with Gasteiger partial charge < -0.3 is 69.0 Å². The number of benzene rings is 2. The van der Waals surface area contributed by atoms with E-state index in [1.54, 1.807) is 30.3 Å². The summed E-state index contributed by atoms with van der Waals surface area (Å²) < 4.78 is 34.3. The molecule has 10 atom stereocenters. The molecule has 8 N–H and O–H groups in total. The molecule has 0 aliphatic carbocycles. The number of phenols is 2. The highest BCUT2D eigenvalue weighted by Gasteiger charge is 2.50. The number of ether oxygens (including phenoxy) is 5. The van der Waals surface area contributed by atoms with E-state index in [2.05, 4.69) is 0 Å². The Balaban J connectivity index is 1.52. The molecule has 0 spiro atoms. The van der Waals surface area contributed by atoms with E-state index in [4.69, 9.17) is 28.1 Å². The minimum atomic E-state index is -1.88. The van der Waals surface area contributed by atoms with Gasteiger partial charge in [0.1, 0.15) is 70.9 Å². The quantitative estimate of drug-likeness (QED) is 0.143. The topological polar surface area (TPSA) is 238 Å². The van der Waals surface area contributed by atoms with E-state index >= 15 is 0 Å². The number of phenolic OH excluding ortho intramolecular Hbond substituents is 2. The monoisotopic (exact) mass is 676 g/mol. The smallest absolute Gasteiger partial charge is 0.239 e. The third kappa shape index (κ3) is 6.74. The standard InChI is InChI=1S/C33H40O15/c1-13(2)5-10-17-18(35)11-19(36)21-23(38)31(29(46-30(17)21)15-6-8-16(43-4)9-7-15)48-32-27(42)25(40)28(14(3)44-32)47-33-26(41)24(39)22(37)20(12-34)45-33/h5-9,11,14,20,22,24-28,32-37,39-42H,10,12H2,1-4H3/t14-,20+,22+,24-,25-,26+,27+,28-,32+,33?/m1/s1. The van der Waals surface area contributed by atoms with Gasteiger partial charge in [-0.05, 0) is 51.5 Å². The van der Waals surface area contributed by atoms with E-state index in [0.29, 0.717) is 11.3 Å². The molecule has 2 aliphatic heterocycles. The maximum absolute atomic E-state index is 14.1. The van der Waals surface area contributed by atoms with Crippen molar-refractivity contribution in [2.75, 3.05) is 13.7 Å². The lowest BCUT2D eigenvalue weighted by atomic mass is 9.97. The Hall–Kier alpha value is -3.77. The molecule has 48 heavy (non-hydrogen) atoms. The van der Waals surface area contributed by atoms with Crippen LogP contribution in [0.15, 0.2) is 51.2 Å². The lowest BCUT2D eigenvalue weighted by Gasteiger charge is -2.45. The molecule has 0 radical (unpaired) electrons. The van der Waals surface area contributed by atoms with E-state index in [-0.39, 0.29) is 34.5 Å². The van der Waals surface area contributed by atoms with Crippen LogP contribution in [0.2, 0.25) is 0 Å². The first-order chi connectivity index (χ1) is 22.8. The minimum Gasteiger partial charge on any atom is -0.507 e. The van der Waals surface area contributed by atoms with Crippen molar-refractivity contribution in [1.82, 2.24) is 0 Å². The van der Waals surface area contributed by atoms with Crippen molar-refractivity contribution in [3.05, 3.63) is 57.8 Å². The van der Waals surface area contributed by atoms with Crippen LogP contribution in [0, 0.1) is 0 Å². The molecule has 2 aliphatic rings. The average Bonchev–Trinajstić information content (AvgIpc) is 3.05. The second-order valence-electron chi connectivity index (χ2n) is 12.0. The summed E-state index contributed by atoms with van der Waals surface area (Å²) >= 11 is 0. The van der Waals surface area contributed by atoms with Gasteiger partial charge in [-0.3, -0.25) is 4.79 Å². The summed E-state index contributed by atoms with van der Waals surface area (Å²) in [4.78, 5) is 14.1. The molecule has 1 aromatic heterocycles. The highest BCUT2D eigenvalue weighted by molar-refractivity contribution is 5.91. The molecule has 2 saturated heterocycles. The molecule has 15 heteroatoms. The Morgan fingerprint density at radius 1 is 0.896 bits per heavy atom. The van der Waals surface area contributed by atoms with Crippen molar-refractivity contribution in [2.45, 2.75) is 88.6 Å². The Labute approximate surface area is 274 Å². The molecule has 2 fully saturated rings. The summed E-state index contributed by atoms with van der Waals surface area (Å²) in [6.07, 6.45) is -14.0. The molecule has 0 bridgehead atoms. The predicted molar refractivity (Wildman–Crippen MR) is 167 cm³/mol. The van der Waals surface area contributed by atoms with Crippen LogP contribution < -0.4 is 14.9 Å². The fraction of sp³-hybridized carbons (Fsp3) is 0.485. The SMILES string of the molecule is COc1ccc(-c2oc3c(CC=C(C)C)c(O)cc(O)c3c(=O)c2O[C@@H]2O[C@H](C)[C@@H](OC3O[C@@H](CO)[C@H](O)[C@@H](O)[C@@H]3O)[C@H](O)[C@@H]2O)cc1. The molecule has 0 amide bonds. The number of methoxy groups -OCH3 is 1. The lowest BCUT2D eigenvalue weighted by Crippen LogP contribution is -2.64. The van der Waals surface area contributed by atoms with Gasteiger partial charge in [0.25, 0.3) is 0 Å². The largest absolute Gasteiger partial charge is 0.507 e. The second kappa shape index (κ2) is 14.4. The van der Waals surface area contributed by atoms with E-state index in [1.807, 2.05) is 13.8 Å². The van der Waals surface area contributed by atoms with Gasteiger partial charge in [-0.1, -0.05) is 11.6 Å². The van der Waals surface area contributed by atoms with Gasteiger partial charge in [0.15, 0.2) is 12.1 Å². The number of aromatic hydroxyl groups is 2. The zero-order valence-corrected chi connectivity index (χ0v) is 26.6. The van der Waals surface area contributed by atoms with Crippen molar-refractivity contribution in [2.24, 2.45) is 0 Å². The fourth-order valence-corrected chi connectivity index (χ4v) is 5.65. The van der Waals surface area contributed by atoms with Crippen LogP contribution in [0.1, 0.15) is 26.3 Å².